The molecule has 7 heteroatoms. The standard InChI is InChI=1S/C19H15NO6/c1-10-12-4-2-3-5-13(12)18(22)20(10)16(19(23)24)17(21)11-6-7-14-15(8-11)26-9-25-14/h2-8,16-17,21H,1,9H2,(H,23,24)/t16-,17+/m0/s1. The van der Waals surface area contributed by atoms with Gasteiger partial charge in [0, 0.05) is 16.8 Å². The van der Waals surface area contributed by atoms with E-state index in [1.807, 2.05) is 0 Å². The molecular formula is C19H15NO6. The average Bonchev–Trinajstić information content (AvgIpc) is 3.20. The number of carbonyl (C=O) groups excluding carboxylic acids is 1. The number of nitrogens with zero attached hydrogens (tertiary/aromatic N) is 1. The van der Waals surface area contributed by atoms with E-state index in [0.29, 0.717) is 28.2 Å². The maximum Gasteiger partial charge on any atom is 0.329 e. The van der Waals surface area contributed by atoms with E-state index in [9.17, 15) is 19.8 Å². The highest BCUT2D eigenvalue weighted by Crippen LogP contribution is 2.39. The van der Waals surface area contributed by atoms with Crippen molar-refractivity contribution in [2.45, 2.75) is 12.1 Å². The summed E-state index contributed by atoms with van der Waals surface area (Å²) in [5, 5.41) is 20.5. The van der Waals surface area contributed by atoms with Crippen molar-refractivity contribution >= 4 is 17.6 Å². The van der Waals surface area contributed by atoms with Gasteiger partial charge in [-0.25, -0.2) is 4.79 Å². The first-order chi connectivity index (χ1) is 12.5. The van der Waals surface area contributed by atoms with Gasteiger partial charge in [0.15, 0.2) is 17.5 Å². The van der Waals surface area contributed by atoms with Gasteiger partial charge in [-0.3, -0.25) is 9.69 Å². The van der Waals surface area contributed by atoms with Gasteiger partial charge in [-0.05, 0) is 23.8 Å². The Kier molecular flexibility index (Phi) is 3.66. The smallest absolute Gasteiger partial charge is 0.329 e. The summed E-state index contributed by atoms with van der Waals surface area (Å²) in [6, 6.07) is 9.86. The molecule has 132 valence electrons. The Bertz CT molecular complexity index is 902. The zero-order chi connectivity index (χ0) is 18.4. The minimum absolute atomic E-state index is 0.0635. The van der Waals surface area contributed by atoms with Gasteiger partial charge in [-0.2, -0.15) is 0 Å². The van der Waals surface area contributed by atoms with Crippen LogP contribution in [0.3, 0.4) is 0 Å². The Morgan fingerprint density at radius 1 is 1.12 bits per heavy atom. The van der Waals surface area contributed by atoms with Crippen molar-refractivity contribution in [2.75, 3.05) is 6.79 Å². The van der Waals surface area contributed by atoms with Crippen LogP contribution in [-0.2, 0) is 4.79 Å². The topological polar surface area (TPSA) is 96.3 Å². The largest absolute Gasteiger partial charge is 0.480 e. The van der Waals surface area contributed by atoms with Gasteiger partial charge < -0.3 is 19.7 Å². The van der Waals surface area contributed by atoms with Gasteiger partial charge in [0.05, 0.1) is 0 Å². The molecule has 2 aromatic rings. The highest BCUT2D eigenvalue weighted by molar-refractivity contribution is 6.10. The number of benzene rings is 2. The third kappa shape index (κ3) is 2.33. The van der Waals surface area contributed by atoms with Crippen molar-refractivity contribution in [3.05, 3.63) is 65.7 Å². The number of aliphatic hydroxyl groups excluding tert-OH is 1. The van der Waals surface area contributed by atoms with E-state index in [1.165, 1.54) is 6.07 Å². The molecule has 26 heavy (non-hydrogen) atoms. The zero-order valence-electron chi connectivity index (χ0n) is 13.6. The second-order valence-corrected chi connectivity index (χ2v) is 6.01. The Morgan fingerprint density at radius 3 is 2.50 bits per heavy atom. The number of carboxylic acids is 1. The molecule has 2 aliphatic rings. The number of rotatable bonds is 4. The van der Waals surface area contributed by atoms with Crippen LogP contribution in [0.15, 0.2) is 49.0 Å². The van der Waals surface area contributed by atoms with E-state index in [0.717, 1.165) is 4.90 Å². The number of amides is 1. The number of fused-ring (bicyclic) bond motifs is 2. The lowest BCUT2D eigenvalue weighted by atomic mass is 10.00. The summed E-state index contributed by atoms with van der Waals surface area (Å²) in [4.78, 5) is 25.7. The molecule has 0 fully saturated rings. The molecule has 7 nitrogen and oxygen atoms in total. The van der Waals surface area contributed by atoms with E-state index in [4.69, 9.17) is 9.47 Å². The molecule has 2 aliphatic heterocycles. The van der Waals surface area contributed by atoms with Gasteiger partial charge in [-0.1, -0.05) is 30.8 Å². The predicted molar refractivity (Wildman–Crippen MR) is 90.6 cm³/mol. The lowest BCUT2D eigenvalue weighted by molar-refractivity contribution is -0.145. The van der Waals surface area contributed by atoms with Crippen molar-refractivity contribution in [1.29, 1.82) is 0 Å². The normalized spacial score (nSPS) is 17.2. The number of hydrogen-bond donors (Lipinski definition) is 2. The third-order valence-corrected chi connectivity index (χ3v) is 4.55. The minimum atomic E-state index is -1.53. The molecule has 2 atom stereocenters. The molecular weight excluding hydrogens is 338 g/mol. The highest BCUT2D eigenvalue weighted by Gasteiger charge is 2.43. The molecule has 0 radical (unpaired) electrons. The van der Waals surface area contributed by atoms with Crippen LogP contribution in [0.5, 0.6) is 11.5 Å². The molecule has 0 bridgehead atoms. The van der Waals surface area contributed by atoms with Crippen LogP contribution in [0.4, 0.5) is 0 Å². The summed E-state index contributed by atoms with van der Waals surface area (Å²) >= 11 is 0. The van der Waals surface area contributed by atoms with E-state index in [2.05, 4.69) is 6.58 Å². The van der Waals surface area contributed by atoms with Crippen LogP contribution >= 0.6 is 0 Å². The van der Waals surface area contributed by atoms with Crippen LogP contribution in [0, 0.1) is 0 Å². The molecule has 0 saturated carbocycles. The quantitative estimate of drug-likeness (QED) is 0.873. The molecule has 2 N–H and O–H groups in total. The second kappa shape index (κ2) is 5.89. The molecule has 0 aromatic heterocycles. The van der Waals surface area contributed by atoms with Gasteiger partial charge in [-0.15, -0.1) is 0 Å². The summed E-state index contributed by atoms with van der Waals surface area (Å²) < 4.78 is 10.5. The lowest BCUT2D eigenvalue weighted by Gasteiger charge is -2.29. The fourth-order valence-corrected chi connectivity index (χ4v) is 3.26. The van der Waals surface area contributed by atoms with E-state index < -0.39 is 24.0 Å². The molecule has 0 saturated heterocycles. The van der Waals surface area contributed by atoms with Crippen molar-refractivity contribution < 1.29 is 29.3 Å². The van der Waals surface area contributed by atoms with Gasteiger partial charge in [0.25, 0.3) is 5.91 Å². The maximum atomic E-state index is 12.7. The van der Waals surface area contributed by atoms with E-state index in [1.54, 1.807) is 36.4 Å². The fraction of sp³-hybridized carbons (Fsp3) is 0.158. The van der Waals surface area contributed by atoms with Crippen molar-refractivity contribution in [2.24, 2.45) is 0 Å². The van der Waals surface area contributed by atoms with Gasteiger partial charge in [0.1, 0.15) is 6.10 Å². The number of aliphatic hydroxyl groups is 1. The summed E-state index contributed by atoms with van der Waals surface area (Å²) in [6.07, 6.45) is -1.47. The molecule has 2 aromatic carbocycles. The van der Waals surface area contributed by atoms with Gasteiger partial charge in [0.2, 0.25) is 6.79 Å². The molecule has 0 unspecified atom stereocenters. The molecule has 2 heterocycles. The summed E-state index contributed by atoms with van der Waals surface area (Å²) in [6.45, 7) is 3.91. The van der Waals surface area contributed by atoms with Crippen LogP contribution in [-0.4, -0.2) is 39.8 Å². The molecule has 4 rings (SSSR count). The average molecular weight is 353 g/mol. The number of ether oxygens (including phenoxy) is 2. The first-order valence-corrected chi connectivity index (χ1v) is 7.91. The van der Waals surface area contributed by atoms with E-state index in [-0.39, 0.29) is 12.5 Å². The van der Waals surface area contributed by atoms with E-state index >= 15 is 0 Å². The third-order valence-electron chi connectivity index (χ3n) is 4.55. The molecule has 1 amide bonds. The summed E-state index contributed by atoms with van der Waals surface area (Å²) in [7, 11) is 0. The van der Waals surface area contributed by atoms with Crippen LogP contribution in [0.2, 0.25) is 0 Å². The SMILES string of the molecule is C=C1c2ccccc2C(=O)N1[C@H](C(=O)O)[C@H](O)c1ccc2c(c1)OCO2. The Hall–Kier alpha value is -3.32. The minimum Gasteiger partial charge on any atom is -0.480 e. The summed E-state index contributed by atoms with van der Waals surface area (Å²) in [5.41, 5.74) is 1.47. The molecule has 0 spiro atoms. The Labute approximate surface area is 148 Å². The zero-order valence-corrected chi connectivity index (χ0v) is 13.6. The summed E-state index contributed by atoms with van der Waals surface area (Å²) in [5.74, 6) is -0.905. The van der Waals surface area contributed by atoms with Crippen LogP contribution in [0.25, 0.3) is 5.70 Å². The molecule has 0 aliphatic carbocycles. The lowest BCUT2D eigenvalue weighted by Crippen LogP contribution is -2.44. The predicted octanol–water partition coefficient (Wildman–Crippen LogP) is 2.03. The number of carbonyl (C=O) groups is 2. The first kappa shape index (κ1) is 16.2. The maximum absolute atomic E-state index is 12.7. The Morgan fingerprint density at radius 2 is 1.81 bits per heavy atom. The van der Waals surface area contributed by atoms with Crippen molar-refractivity contribution in [3.63, 3.8) is 0 Å². The number of carboxylic acid groups (broad SMARTS) is 1. The first-order valence-electron chi connectivity index (χ1n) is 7.91. The van der Waals surface area contributed by atoms with Crippen LogP contribution < -0.4 is 9.47 Å². The van der Waals surface area contributed by atoms with Crippen LogP contribution in [0.1, 0.15) is 27.6 Å². The fourth-order valence-electron chi connectivity index (χ4n) is 3.26. The van der Waals surface area contributed by atoms with Crippen molar-refractivity contribution in [3.8, 4) is 11.5 Å². The Balaban J connectivity index is 1.72. The second-order valence-electron chi connectivity index (χ2n) is 6.01. The monoisotopic (exact) mass is 353 g/mol. The highest BCUT2D eigenvalue weighted by atomic mass is 16.7. The van der Waals surface area contributed by atoms with Crippen molar-refractivity contribution in [1.82, 2.24) is 4.90 Å². The number of hydrogen-bond acceptors (Lipinski definition) is 5. The van der Waals surface area contributed by atoms with Gasteiger partial charge >= 0.3 is 5.97 Å². The number of aliphatic carboxylic acids is 1.